The van der Waals surface area contributed by atoms with E-state index in [0.717, 1.165) is 16.7 Å². The van der Waals surface area contributed by atoms with Gasteiger partial charge < -0.3 is 24.3 Å². The molecule has 2 aliphatic heterocycles. The molecule has 2 N–H and O–H groups in total. The fourth-order valence-corrected chi connectivity index (χ4v) is 5.10. The average Bonchev–Trinajstić information content (AvgIpc) is 3.55. The lowest BCUT2D eigenvalue weighted by Crippen LogP contribution is -2.43. The fraction of sp³-hybridized carbons (Fsp3) is 0.259. The number of benzene rings is 2. The minimum absolute atomic E-state index is 0.179. The topological polar surface area (TPSA) is 89.5 Å². The Kier molecular flexibility index (Phi) is 5.57. The van der Waals surface area contributed by atoms with Gasteiger partial charge in [-0.15, -0.1) is 6.58 Å². The molecule has 0 amide bonds. The standard InChI is InChI=1S/C27H24ClN3O4/c1-2-12-27(32)15-34-23-21(14-33-24(23)27)35-26-29-20-13-19(28)22(30-25(20)31-26)18-10-8-17(9-11-18)16-6-4-3-5-7-16/h2-11,13,21,23-24,32H,1,12,14-15H2,(H,29,30,31)/t21-,23-,24+,27-/m1/s1. The summed E-state index contributed by atoms with van der Waals surface area (Å²) in [6.07, 6.45) is 0.810. The number of fused-ring (bicyclic) bond motifs is 2. The smallest absolute Gasteiger partial charge is 0.296 e. The number of halogens is 1. The molecule has 35 heavy (non-hydrogen) atoms. The van der Waals surface area contributed by atoms with Gasteiger partial charge in [0.2, 0.25) is 0 Å². The van der Waals surface area contributed by atoms with E-state index in [4.69, 9.17) is 25.8 Å². The highest BCUT2D eigenvalue weighted by Gasteiger charge is 2.56. The summed E-state index contributed by atoms with van der Waals surface area (Å²) in [5.41, 5.74) is 3.89. The first-order chi connectivity index (χ1) is 17.0. The molecule has 2 aliphatic rings. The van der Waals surface area contributed by atoms with Gasteiger partial charge in [0.1, 0.15) is 17.8 Å². The van der Waals surface area contributed by atoms with Gasteiger partial charge >= 0.3 is 0 Å². The lowest BCUT2D eigenvalue weighted by Gasteiger charge is -2.24. The molecule has 0 unspecified atom stereocenters. The molecule has 4 heterocycles. The molecule has 2 aromatic heterocycles. The van der Waals surface area contributed by atoms with Crippen LogP contribution in [-0.2, 0) is 9.47 Å². The number of imidazole rings is 1. The molecule has 7 nitrogen and oxygen atoms in total. The summed E-state index contributed by atoms with van der Waals surface area (Å²) in [7, 11) is 0. The van der Waals surface area contributed by atoms with E-state index < -0.39 is 17.8 Å². The van der Waals surface area contributed by atoms with Crippen molar-refractivity contribution in [2.45, 2.75) is 30.3 Å². The van der Waals surface area contributed by atoms with Crippen LogP contribution in [0.4, 0.5) is 0 Å². The Morgan fingerprint density at radius 3 is 2.60 bits per heavy atom. The number of aliphatic hydroxyl groups is 1. The van der Waals surface area contributed by atoms with Gasteiger partial charge in [-0.05, 0) is 23.6 Å². The van der Waals surface area contributed by atoms with E-state index in [9.17, 15) is 5.11 Å². The highest BCUT2D eigenvalue weighted by atomic mass is 35.5. The van der Waals surface area contributed by atoms with Crippen LogP contribution in [0.15, 0.2) is 73.3 Å². The maximum Gasteiger partial charge on any atom is 0.296 e. The first-order valence-corrected chi connectivity index (χ1v) is 11.9. The largest absolute Gasteiger partial charge is 0.456 e. The molecule has 178 valence electrons. The molecule has 0 radical (unpaired) electrons. The quantitative estimate of drug-likeness (QED) is 0.378. The van der Waals surface area contributed by atoms with Crippen LogP contribution in [-0.4, -0.2) is 57.2 Å². The van der Waals surface area contributed by atoms with E-state index in [-0.39, 0.29) is 12.7 Å². The number of rotatable bonds is 6. The monoisotopic (exact) mass is 489 g/mol. The Morgan fingerprint density at radius 2 is 1.83 bits per heavy atom. The van der Waals surface area contributed by atoms with Crippen LogP contribution in [0.25, 0.3) is 33.5 Å². The van der Waals surface area contributed by atoms with Gasteiger partial charge in [-0.25, -0.2) is 4.98 Å². The molecule has 4 atom stereocenters. The first kappa shape index (κ1) is 22.2. The SMILES string of the molecule is C=CC[C@@]1(O)CO[C@@H]2[C@H](Oc3nc4nc(-c5ccc(-c6ccccc6)cc5)c(Cl)cc4[nH]3)CO[C@@H]21. The molecule has 0 spiro atoms. The van der Waals surface area contributed by atoms with Crippen molar-refractivity contribution in [1.82, 2.24) is 15.0 Å². The van der Waals surface area contributed by atoms with Gasteiger partial charge in [0.25, 0.3) is 6.01 Å². The van der Waals surface area contributed by atoms with E-state index >= 15 is 0 Å². The minimum Gasteiger partial charge on any atom is -0.456 e. The lowest BCUT2D eigenvalue weighted by molar-refractivity contribution is -0.0659. The second-order valence-corrected chi connectivity index (χ2v) is 9.36. The molecule has 6 rings (SSSR count). The number of nitrogens with one attached hydrogen (secondary N) is 1. The highest BCUT2D eigenvalue weighted by Crippen LogP contribution is 2.38. The van der Waals surface area contributed by atoms with E-state index in [1.54, 1.807) is 12.1 Å². The van der Waals surface area contributed by atoms with Gasteiger partial charge in [-0.2, -0.15) is 4.98 Å². The highest BCUT2D eigenvalue weighted by molar-refractivity contribution is 6.33. The summed E-state index contributed by atoms with van der Waals surface area (Å²) in [5, 5.41) is 11.3. The molecule has 0 aliphatic carbocycles. The number of nitrogens with zero attached hydrogens (tertiary/aromatic N) is 2. The van der Waals surface area contributed by atoms with Crippen LogP contribution >= 0.6 is 11.6 Å². The predicted octanol–water partition coefficient (Wildman–Crippen LogP) is 4.80. The molecular formula is C27H24ClN3O4. The first-order valence-electron chi connectivity index (χ1n) is 11.5. The van der Waals surface area contributed by atoms with Crippen LogP contribution in [0.2, 0.25) is 5.02 Å². The van der Waals surface area contributed by atoms with Gasteiger partial charge in [-0.1, -0.05) is 72.3 Å². The van der Waals surface area contributed by atoms with Crippen molar-refractivity contribution >= 4 is 22.8 Å². The zero-order chi connectivity index (χ0) is 24.0. The second-order valence-electron chi connectivity index (χ2n) is 8.96. The summed E-state index contributed by atoms with van der Waals surface area (Å²) in [4.78, 5) is 12.3. The van der Waals surface area contributed by atoms with E-state index in [2.05, 4.69) is 45.8 Å². The zero-order valence-electron chi connectivity index (χ0n) is 18.9. The Morgan fingerprint density at radius 1 is 1.09 bits per heavy atom. The molecular weight excluding hydrogens is 466 g/mol. The van der Waals surface area contributed by atoms with Gasteiger partial charge in [0, 0.05) is 5.56 Å². The zero-order valence-corrected chi connectivity index (χ0v) is 19.6. The molecule has 0 saturated carbocycles. The number of ether oxygens (including phenoxy) is 3. The van der Waals surface area contributed by atoms with E-state index in [1.807, 2.05) is 30.3 Å². The minimum atomic E-state index is -1.08. The maximum atomic E-state index is 10.8. The third kappa shape index (κ3) is 4.00. The van der Waals surface area contributed by atoms with Crippen molar-refractivity contribution < 1.29 is 19.3 Å². The summed E-state index contributed by atoms with van der Waals surface area (Å²) in [5.74, 6) is 0. The van der Waals surface area contributed by atoms with E-state index in [0.29, 0.717) is 40.9 Å². The summed E-state index contributed by atoms with van der Waals surface area (Å²) < 4.78 is 17.7. The number of H-pyrrole nitrogens is 1. The Bertz CT molecular complexity index is 1370. The molecule has 2 aromatic carbocycles. The van der Waals surface area contributed by atoms with Crippen LogP contribution in [0.1, 0.15) is 6.42 Å². The van der Waals surface area contributed by atoms with Crippen molar-refractivity contribution in [2.24, 2.45) is 0 Å². The van der Waals surface area contributed by atoms with Crippen LogP contribution < -0.4 is 4.74 Å². The van der Waals surface area contributed by atoms with Crippen molar-refractivity contribution in [3.05, 3.63) is 78.3 Å². The number of pyridine rings is 1. The van der Waals surface area contributed by atoms with Gasteiger partial charge in [-0.3, -0.25) is 0 Å². The molecule has 8 heteroatoms. The summed E-state index contributed by atoms with van der Waals surface area (Å²) in [6.45, 7) is 4.18. The Hall–Kier alpha value is -3.23. The second kappa shape index (κ2) is 8.77. The molecule has 2 fully saturated rings. The molecule has 4 aromatic rings. The fourth-order valence-electron chi connectivity index (χ4n) is 4.84. The third-order valence-electron chi connectivity index (χ3n) is 6.59. The van der Waals surface area contributed by atoms with E-state index in [1.165, 1.54) is 0 Å². The van der Waals surface area contributed by atoms with Crippen LogP contribution in [0.5, 0.6) is 6.01 Å². The van der Waals surface area contributed by atoms with Gasteiger partial charge in [0.15, 0.2) is 11.8 Å². The van der Waals surface area contributed by atoms with Crippen molar-refractivity contribution in [3.63, 3.8) is 0 Å². The van der Waals surface area contributed by atoms with Crippen molar-refractivity contribution in [1.29, 1.82) is 0 Å². The van der Waals surface area contributed by atoms with Crippen molar-refractivity contribution in [2.75, 3.05) is 13.2 Å². The summed E-state index contributed by atoms with van der Waals surface area (Å²) >= 11 is 6.58. The third-order valence-corrected chi connectivity index (χ3v) is 6.88. The number of hydrogen-bond donors (Lipinski definition) is 2. The maximum absolute atomic E-state index is 10.8. The number of hydrogen-bond acceptors (Lipinski definition) is 6. The normalized spacial score (nSPS) is 25.6. The van der Waals surface area contributed by atoms with Crippen LogP contribution in [0, 0.1) is 0 Å². The Balaban J connectivity index is 1.23. The number of aromatic amines is 1. The van der Waals surface area contributed by atoms with Crippen molar-refractivity contribution in [3.8, 4) is 28.4 Å². The predicted molar refractivity (Wildman–Crippen MR) is 133 cm³/mol. The molecule has 0 bridgehead atoms. The molecule has 2 saturated heterocycles. The Labute approximate surface area is 207 Å². The average molecular weight is 490 g/mol. The summed E-state index contributed by atoms with van der Waals surface area (Å²) in [6, 6.07) is 20.4. The van der Waals surface area contributed by atoms with Gasteiger partial charge in [0.05, 0.1) is 29.4 Å². The number of aromatic nitrogens is 3. The van der Waals surface area contributed by atoms with Crippen LogP contribution in [0.3, 0.4) is 0 Å². The lowest BCUT2D eigenvalue weighted by atomic mass is 9.93.